The fourth-order valence-electron chi connectivity index (χ4n) is 1.55. The zero-order valence-electron chi connectivity index (χ0n) is 9.66. The van der Waals surface area contributed by atoms with Gasteiger partial charge in [0.25, 0.3) is 0 Å². The van der Waals surface area contributed by atoms with E-state index < -0.39 is 14.6 Å². The van der Waals surface area contributed by atoms with E-state index in [9.17, 15) is 13.5 Å². The van der Waals surface area contributed by atoms with Crippen molar-refractivity contribution >= 4 is 9.84 Å². The molecule has 0 aromatic carbocycles. The number of rotatable bonds is 3. The lowest BCUT2D eigenvalue weighted by Gasteiger charge is -2.19. The Morgan fingerprint density at radius 2 is 2.07 bits per heavy atom. The maximum Gasteiger partial charge on any atom is 0.155 e. The van der Waals surface area contributed by atoms with Crippen molar-refractivity contribution in [2.75, 3.05) is 5.75 Å². The van der Waals surface area contributed by atoms with Crippen LogP contribution in [0.3, 0.4) is 0 Å². The van der Waals surface area contributed by atoms with Crippen LogP contribution >= 0.6 is 0 Å². The van der Waals surface area contributed by atoms with Crippen molar-refractivity contribution in [3.05, 3.63) is 11.6 Å². The lowest BCUT2D eigenvalue weighted by molar-refractivity contribution is 0.223. The van der Waals surface area contributed by atoms with E-state index >= 15 is 0 Å². The summed E-state index contributed by atoms with van der Waals surface area (Å²) in [5, 5.41) is 9.26. The predicted octanol–water partition coefficient (Wildman–Crippen LogP) is 1.67. The molecule has 4 heteroatoms. The van der Waals surface area contributed by atoms with E-state index in [1.807, 2.05) is 0 Å². The first-order valence-corrected chi connectivity index (χ1v) is 6.97. The van der Waals surface area contributed by atoms with Crippen LogP contribution in [0.25, 0.3) is 0 Å². The highest BCUT2D eigenvalue weighted by Gasteiger charge is 2.29. The van der Waals surface area contributed by atoms with Gasteiger partial charge in [0.1, 0.15) is 0 Å². The first-order valence-electron chi connectivity index (χ1n) is 5.32. The summed E-state index contributed by atoms with van der Waals surface area (Å²) in [6.45, 7) is 5.17. The second kappa shape index (κ2) is 4.26. The van der Waals surface area contributed by atoms with Gasteiger partial charge >= 0.3 is 0 Å². The normalized spacial score (nSPS) is 22.9. The third kappa shape index (κ3) is 3.31. The molecule has 1 rings (SSSR count). The van der Waals surface area contributed by atoms with Gasteiger partial charge < -0.3 is 5.11 Å². The van der Waals surface area contributed by atoms with Crippen LogP contribution in [0.1, 0.15) is 40.0 Å². The minimum Gasteiger partial charge on any atom is -0.389 e. The number of hydrogen-bond donors (Lipinski definition) is 1. The van der Waals surface area contributed by atoms with Gasteiger partial charge in [0, 0.05) is 0 Å². The van der Waals surface area contributed by atoms with Crippen LogP contribution in [0.5, 0.6) is 0 Å². The van der Waals surface area contributed by atoms with Gasteiger partial charge in [0.15, 0.2) is 9.84 Å². The van der Waals surface area contributed by atoms with Crippen LogP contribution in [0.4, 0.5) is 0 Å². The molecule has 0 saturated heterocycles. The molecule has 1 aliphatic rings. The van der Waals surface area contributed by atoms with Crippen LogP contribution in [0.15, 0.2) is 11.6 Å². The van der Waals surface area contributed by atoms with Gasteiger partial charge in [-0.1, -0.05) is 11.6 Å². The SMILES string of the molecule is CC(C)(C)S(=O)(=O)CCC1=CC(O)CC1. The Morgan fingerprint density at radius 3 is 2.47 bits per heavy atom. The highest BCUT2D eigenvalue weighted by Crippen LogP contribution is 2.24. The van der Waals surface area contributed by atoms with E-state index in [1.165, 1.54) is 0 Å². The molecule has 0 radical (unpaired) electrons. The fraction of sp³-hybridized carbons (Fsp3) is 0.818. The lowest BCUT2D eigenvalue weighted by atomic mass is 10.2. The van der Waals surface area contributed by atoms with Crippen LogP contribution in [-0.2, 0) is 9.84 Å². The molecule has 0 aromatic heterocycles. The van der Waals surface area contributed by atoms with E-state index in [1.54, 1.807) is 26.8 Å². The van der Waals surface area contributed by atoms with Gasteiger partial charge in [-0.05, 0) is 40.0 Å². The summed E-state index contributed by atoms with van der Waals surface area (Å²) in [4.78, 5) is 0. The molecule has 88 valence electrons. The smallest absolute Gasteiger partial charge is 0.155 e. The number of allylic oxidation sites excluding steroid dienone is 1. The molecule has 0 fully saturated rings. The Bertz CT molecular complexity index is 347. The van der Waals surface area contributed by atoms with E-state index in [4.69, 9.17) is 0 Å². The molecule has 0 bridgehead atoms. The largest absolute Gasteiger partial charge is 0.389 e. The second-order valence-electron chi connectivity index (χ2n) is 5.11. The number of aliphatic hydroxyl groups excluding tert-OH is 1. The zero-order chi connectivity index (χ0) is 11.7. The molecule has 0 aliphatic heterocycles. The maximum absolute atomic E-state index is 11.8. The van der Waals surface area contributed by atoms with Crippen molar-refractivity contribution in [2.24, 2.45) is 0 Å². The second-order valence-corrected chi connectivity index (χ2v) is 7.97. The van der Waals surface area contributed by atoms with Gasteiger partial charge in [-0.2, -0.15) is 0 Å². The summed E-state index contributed by atoms with van der Waals surface area (Å²) in [5.74, 6) is 0.190. The standard InChI is InChI=1S/C11H20O3S/c1-11(2,3)15(13,14)7-6-9-4-5-10(12)8-9/h8,10,12H,4-7H2,1-3H3. The number of hydrogen-bond acceptors (Lipinski definition) is 3. The Morgan fingerprint density at radius 1 is 1.47 bits per heavy atom. The van der Waals surface area contributed by atoms with Gasteiger partial charge in [-0.15, -0.1) is 0 Å². The minimum absolute atomic E-state index is 0.190. The van der Waals surface area contributed by atoms with Gasteiger partial charge in [0.2, 0.25) is 0 Å². The van der Waals surface area contributed by atoms with Crippen molar-refractivity contribution in [2.45, 2.75) is 50.9 Å². The number of aliphatic hydroxyl groups is 1. The average Bonchev–Trinajstić information content (AvgIpc) is 2.46. The third-order valence-electron chi connectivity index (χ3n) is 2.81. The molecule has 1 atom stereocenters. The van der Waals surface area contributed by atoms with E-state index in [2.05, 4.69) is 0 Å². The monoisotopic (exact) mass is 232 g/mol. The Labute approximate surface area is 92.1 Å². The molecule has 3 nitrogen and oxygen atoms in total. The highest BCUT2D eigenvalue weighted by molar-refractivity contribution is 7.92. The average molecular weight is 232 g/mol. The molecule has 0 heterocycles. The Kier molecular flexibility index (Phi) is 3.61. The molecule has 1 unspecified atom stereocenters. The summed E-state index contributed by atoms with van der Waals surface area (Å²) < 4.78 is 22.9. The molecule has 0 saturated carbocycles. The topological polar surface area (TPSA) is 54.4 Å². The maximum atomic E-state index is 11.8. The van der Waals surface area contributed by atoms with Crippen molar-refractivity contribution in [3.8, 4) is 0 Å². The minimum atomic E-state index is -3.03. The molecule has 1 aliphatic carbocycles. The van der Waals surface area contributed by atoms with Crippen LogP contribution in [0.2, 0.25) is 0 Å². The summed E-state index contributed by atoms with van der Waals surface area (Å²) >= 11 is 0. The lowest BCUT2D eigenvalue weighted by Crippen LogP contribution is -2.30. The van der Waals surface area contributed by atoms with E-state index in [0.717, 1.165) is 18.4 Å². The summed E-state index contributed by atoms with van der Waals surface area (Å²) in [7, 11) is -3.03. The molecule has 15 heavy (non-hydrogen) atoms. The first kappa shape index (κ1) is 12.7. The highest BCUT2D eigenvalue weighted by atomic mass is 32.2. The fourth-order valence-corrected chi connectivity index (χ4v) is 2.70. The number of sulfone groups is 1. The van der Waals surface area contributed by atoms with E-state index in [0.29, 0.717) is 6.42 Å². The van der Waals surface area contributed by atoms with Crippen LogP contribution in [0, 0.1) is 0 Å². The van der Waals surface area contributed by atoms with Gasteiger partial charge in [-0.25, -0.2) is 8.42 Å². The third-order valence-corrected chi connectivity index (χ3v) is 5.42. The molecule has 0 amide bonds. The summed E-state index contributed by atoms with van der Waals surface area (Å²) in [6.07, 6.45) is 3.57. The van der Waals surface area contributed by atoms with E-state index in [-0.39, 0.29) is 11.9 Å². The van der Waals surface area contributed by atoms with Crippen molar-refractivity contribution in [1.82, 2.24) is 0 Å². The van der Waals surface area contributed by atoms with Gasteiger partial charge in [0.05, 0.1) is 16.6 Å². The van der Waals surface area contributed by atoms with Crippen molar-refractivity contribution in [3.63, 3.8) is 0 Å². The van der Waals surface area contributed by atoms with Crippen LogP contribution < -0.4 is 0 Å². The van der Waals surface area contributed by atoms with Crippen molar-refractivity contribution in [1.29, 1.82) is 0 Å². The quantitative estimate of drug-likeness (QED) is 0.753. The summed E-state index contributed by atoms with van der Waals surface area (Å²) in [5.41, 5.74) is 1.08. The molecular formula is C11H20O3S. The van der Waals surface area contributed by atoms with Gasteiger partial charge in [-0.3, -0.25) is 0 Å². The molecule has 0 aromatic rings. The Hall–Kier alpha value is -0.350. The molecular weight excluding hydrogens is 212 g/mol. The van der Waals surface area contributed by atoms with Crippen LogP contribution in [-0.4, -0.2) is 30.1 Å². The van der Waals surface area contributed by atoms with Crippen molar-refractivity contribution < 1.29 is 13.5 Å². The summed E-state index contributed by atoms with van der Waals surface area (Å²) in [6, 6.07) is 0. The first-order chi connectivity index (χ1) is 6.72. The predicted molar refractivity (Wildman–Crippen MR) is 61.5 cm³/mol. The molecule has 1 N–H and O–H groups in total. The Balaban J connectivity index is 2.55. The zero-order valence-corrected chi connectivity index (χ0v) is 10.5. The molecule has 0 spiro atoms.